The molecule has 3 atom stereocenters. The van der Waals surface area contributed by atoms with Gasteiger partial charge in [0.05, 0.1) is 39.9 Å². The topological polar surface area (TPSA) is 105 Å². The highest BCUT2D eigenvalue weighted by molar-refractivity contribution is 7.47. The van der Waals surface area contributed by atoms with Crippen LogP contribution >= 0.6 is 7.82 Å². The molecule has 9 heteroatoms. The van der Waals surface area contributed by atoms with Crippen molar-refractivity contribution >= 4 is 13.7 Å². The number of quaternary nitrogens is 1. The summed E-state index contributed by atoms with van der Waals surface area (Å²) in [4.78, 5) is 22.5. The van der Waals surface area contributed by atoms with Gasteiger partial charge in [-0.25, -0.2) is 4.57 Å². The SMILES string of the molecule is CCC/C=C\C/C=C\CCCCCCCC(=O)NC(COP(=O)(O)OCC[N+](C)(C)C)C(O)/C=C/CCC. The quantitative estimate of drug-likeness (QED) is 0.0575. The van der Waals surface area contributed by atoms with Crippen molar-refractivity contribution in [2.75, 3.05) is 40.9 Å². The Morgan fingerprint density at radius 2 is 1.50 bits per heavy atom. The Bertz CT molecular complexity index is 733. The number of nitrogens with zero attached hydrogens (tertiary/aromatic N) is 1. The number of carbonyl (C=O) groups is 1. The lowest BCUT2D eigenvalue weighted by molar-refractivity contribution is -0.870. The number of likely N-dealkylation sites (N-methyl/N-ethyl adjacent to an activating group) is 1. The largest absolute Gasteiger partial charge is 0.472 e. The van der Waals surface area contributed by atoms with E-state index in [2.05, 4.69) is 36.5 Å². The van der Waals surface area contributed by atoms with E-state index in [9.17, 15) is 19.4 Å². The first-order valence-corrected chi connectivity index (χ1v) is 15.9. The molecule has 0 saturated carbocycles. The van der Waals surface area contributed by atoms with Crippen molar-refractivity contribution < 1.29 is 32.9 Å². The lowest BCUT2D eigenvalue weighted by atomic mass is 10.1. The molecule has 0 aliphatic carbocycles. The van der Waals surface area contributed by atoms with E-state index in [1.54, 1.807) is 6.08 Å². The van der Waals surface area contributed by atoms with E-state index in [0.29, 0.717) is 17.4 Å². The summed E-state index contributed by atoms with van der Waals surface area (Å²) in [5.41, 5.74) is 0. The van der Waals surface area contributed by atoms with Gasteiger partial charge in [0.15, 0.2) is 0 Å². The van der Waals surface area contributed by atoms with Crippen LogP contribution in [0.4, 0.5) is 0 Å². The van der Waals surface area contributed by atoms with E-state index in [1.165, 1.54) is 6.42 Å². The predicted molar refractivity (Wildman–Crippen MR) is 157 cm³/mol. The van der Waals surface area contributed by atoms with Crippen LogP contribution in [0.25, 0.3) is 0 Å². The molecule has 3 unspecified atom stereocenters. The Morgan fingerprint density at radius 3 is 2.16 bits per heavy atom. The number of hydrogen-bond acceptors (Lipinski definition) is 5. The van der Waals surface area contributed by atoms with Gasteiger partial charge in [0.1, 0.15) is 13.2 Å². The average Bonchev–Trinajstić information content (AvgIpc) is 2.83. The molecule has 8 nitrogen and oxygen atoms in total. The third-order valence-electron chi connectivity index (χ3n) is 5.82. The van der Waals surface area contributed by atoms with Crippen LogP contribution in [0.3, 0.4) is 0 Å². The van der Waals surface area contributed by atoms with Crippen LogP contribution in [0.2, 0.25) is 0 Å². The summed E-state index contributed by atoms with van der Waals surface area (Å²) in [5, 5.41) is 13.3. The number of phosphoric acid groups is 1. The number of aliphatic hydroxyl groups is 1. The van der Waals surface area contributed by atoms with Crippen LogP contribution in [0.1, 0.15) is 90.9 Å². The number of nitrogens with one attached hydrogen (secondary N) is 1. The van der Waals surface area contributed by atoms with Gasteiger partial charge in [-0.2, -0.15) is 0 Å². The van der Waals surface area contributed by atoms with Gasteiger partial charge >= 0.3 is 7.82 Å². The van der Waals surface area contributed by atoms with Crippen molar-refractivity contribution in [1.29, 1.82) is 0 Å². The van der Waals surface area contributed by atoms with E-state index in [0.717, 1.165) is 64.2 Å². The van der Waals surface area contributed by atoms with Crippen LogP contribution in [0, 0.1) is 0 Å². The van der Waals surface area contributed by atoms with Crippen LogP contribution in [0.5, 0.6) is 0 Å². The van der Waals surface area contributed by atoms with Crippen LogP contribution in [-0.2, 0) is 18.4 Å². The summed E-state index contributed by atoms with van der Waals surface area (Å²) in [6, 6.07) is -0.846. The molecule has 0 aromatic rings. The minimum Gasteiger partial charge on any atom is -0.387 e. The molecule has 0 fully saturated rings. The number of aliphatic hydroxyl groups excluding tert-OH is 1. The number of carbonyl (C=O) groups excluding carboxylic acids is 1. The van der Waals surface area contributed by atoms with E-state index in [1.807, 2.05) is 34.1 Å². The lowest BCUT2D eigenvalue weighted by Gasteiger charge is -2.25. The number of hydrogen-bond donors (Lipinski definition) is 3. The van der Waals surface area contributed by atoms with Gasteiger partial charge in [-0.3, -0.25) is 13.8 Å². The summed E-state index contributed by atoms with van der Waals surface area (Å²) < 4.78 is 23.0. The number of rotatable bonds is 24. The maximum Gasteiger partial charge on any atom is 0.472 e. The number of phosphoric ester groups is 1. The zero-order valence-electron chi connectivity index (χ0n) is 24.6. The normalized spacial score (nSPS) is 15.9. The summed E-state index contributed by atoms with van der Waals surface area (Å²) in [6.45, 7) is 4.46. The molecule has 222 valence electrons. The zero-order chi connectivity index (χ0) is 28.7. The fraction of sp³-hybridized carbons (Fsp3) is 0.759. The van der Waals surface area contributed by atoms with Crippen LogP contribution < -0.4 is 5.32 Å². The highest BCUT2D eigenvalue weighted by atomic mass is 31.2. The maximum atomic E-state index is 12.5. The summed E-state index contributed by atoms with van der Waals surface area (Å²) in [6.07, 6.45) is 22.8. The predicted octanol–water partition coefficient (Wildman–Crippen LogP) is 6.06. The highest BCUT2D eigenvalue weighted by Gasteiger charge is 2.27. The molecule has 0 rings (SSSR count). The van der Waals surface area contributed by atoms with Crippen LogP contribution in [-0.4, -0.2) is 73.4 Å². The number of allylic oxidation sites excluding steroid dienone is 5. The van der Waals surface area contributed by atoms with Crippen molar-refractivity contribution in [3.05, 3.63) is 36.5 Å². The van der Waals surface area contributed by atoms with Crippen molar-refractivity contribution in [2.45, 2.75) is 103 Å². The smallest absolute Gasteiger partial charge is 0.387 e. The van der Waals surface area contributed by atoms with Gasteiger partial charge in [0.2, 0.25) is 5.91 Å². The molecular formula is C29H56N2O6P+. The standard InChI is InChI=1S/C29H55N2O6P/c1-6-8-10-11-12-13-14-15-16-17-18-19-21-23-29(33)30-27(28(32)22-20-9-7-2)26-37-38(34,35)36-25-24-31(3,4)5/h10-11,13-14,20,22,27-28,32H,6-9,12,15-19,21,23-26H2,1-5H3,(H-,30,33,34,35)/p+1/b11-10-,14-13-,22-20+. The Kier molecular flexibility index (Phi) is 21.8. The molecule has 0 spiro atoms. The Hall–Kier alpha value is -1.28. The van der Waals surface area contributed by atoms with Gasteiger partial charge in [0, 0.05) is 6.42 Å². The monoisotopic (exact) mass is 559 g/mol. The molecule has 0 aromatic carbocycles. The Labute approximate surface area is 232 Å². The van der Waals surface area contributed by atoms with Crippen molar-refractivity contribution in [3.63, 3.8) is 0 Å². The molecule has 38 heavy (non-hydrogen) atoms. The van der Waals surface area contributed by atoms with E-state index in [4.69, 9.17) is 9.05 Å². The van der Waals surface area contributed by atoms with E-state index in [-0.39, 0.29) is 19.1 Å². The first-order valence-electron chi connectivity index (χ1n) is 14.4. The molecule has 3 N–H and O–H groups in total. The van der Waals surface area contributed by atoms with E-state index < -0.39 is 20.0 Å². The molecule has 0 aliphatic rings. The van der Waals surface area contributed by atoms with Gasteiger partial charge in [0.25, 0.3) is 0 Å². The maximum absolute atomic E-state index is 12.5. The molecule has 0 aromatic heterocycles. The second-order valence-corrected chi connectivity index (χ2v) is 12.2. The average molecular weight is 560 g/mol. The summed E-state index contributed by atoms with van der Waals surface area (Å²) >= 11 is 0. The van der Waals surface area contributed by atoms with Crippen molar-refractivity contribution in [1.82, 2.24) is 5.32 Å². The lowest BCUT2D eigenvalue weighted by Crippen LogP contribution is -2.45. The van der Waals surface area contributed by atoms with Gasteiger partial charge in [-0.1, -0.05) is 82.4 Å². The van der Waals surface area contributed by atoms with Crippen molar-refractivity contribution in [2.24, 2.45) is 0 Å². The summed E-state index contributed by atoms with van der Waals surface area (Å²) in [7, 11) is 1.54. The minimum atomic E-state index is -4.30. The fourth-order valence-electron chi connectivity index (χ4n) is 3.43. The fourth-order valence-corrected chi connectivity index (χ4v) is 4.17. The van der Waals surface area contributed by atoms with Crippen LogP contribution in [0.15, 0.2) is 36.5 Å². The number of unbranched alkanes of at least 4 members (excludes halogenated alkanes) is 7. The second-order valence-electron chi connectivity index (χ2n) is 10.8. The Balaban J connectivity index is 4.42. The summed E-state index contributed by atoms with van der Waals surface area (Å²) in [5.74, 6) is -0.209. The first-order chi connectivity index (χ1) is 18.0. The minimum absolute atomic E-state index is 0.0555. The molecule has 0 aliphatic heterocycles. The van der Waals surface area contributed by atoms with Gasteiger partial charge in [-0.05, 0) is 38.5 Å². The molecule has 1 amide bonds. The molecular weight excluding hydrogens is 503 g/mol. The zero-order valence-corrected chi connectivity index (χ0v) is 25.5. The molecule has 0 radical (unpaired) electrons. The highest BCUT2D eigenvalue weighted by Crippen LogP contribution is 2.43. The molecule has 0 heterocycles. The van der Waals surface area contributed by atoms with Gasteiger partial charge in [-0.15, -0.1) is 0 Å². The molecule has 0 bridgehead atoms. The third kappa shape index (κ3) is 23.8. The van der Waals surface area contributed by atoms with Crippen molar-refractivity contribution in [3.8, 4) is 0 Å². The second kappa shape index (κ2) is 22.5. The third-order valence-corrected chi connectivity index (χ3v) is 6.80. The first kappa shape index (κ1) is 36.7. The molecule has 0 saturated heterocycles. The Morgan fingerprint density at radius 1 is 0.895 bits per heavy atom. The number of amides is 1. The van der Waals surface area contributed by atoms with Gasteiger partial charge < -0.3 is 19.8 Å². The van der Waals surface area contributed by atoms with E-state index >= 15 is 0 Å².